The first-order valence-corrected chi connectivity index (χ1v) is 6.44. The number of benzene rings is 1. The maximum atomic E-state index is 5.83. The Kier molecular flexibility index (Phi) is 5.66. The second-order valence-corrected chi connectivity index (χ2v) is 5.35. The molecule has 0 aromatic heterocycles. The summed E-state index contributed by atoms with van der Waals surface area (Å²) in [5.74, 6) is 0. The van der Waals surface area contributed by atoms with Crippen LogP contribution in [-0.2, 0) is 17.9 Å². The van der Waals surface area contributed by atoms with Crippen LogP contribution in [0.3, 0.4) is 0 Å². The van der Waals surface area contributed by atoms with Gasteiger partial charge in [0.2, 0.25) is 0 Å². The van der Waals surface area contributed by atoms with Crippen molar-refractivity contribution in [3.05, 3.63) is 35.4 Å². The highest BCUT2D eigenvalue weighted by molar-refractivity contribution is 5.26. The molecule has 96 valence electrons. The van der Waals surface area contributed by atoms with Gasteiger partial charge in [0.15, 0.2) is 0 Å². The minimum atomic E-state index is -0.0794. The molecule has 0 fully saturated rings. The normalized spacial score (nSPS) is 11.8. The summed E-state index contributed by atoms with van der Waals surface area (Å²) >= 11 is 0. The van der Waals surface area contributed by atoms with Crippen molar-refractivity contribution in [2.24, 2.45) is 0 Å². The van der Waals surface area contributed by atoms with E-state index in [2.05, 4.69) is 57.3 Å². The molecule has 0 amide bonds. The topological polar surface area (TPSA) is 21.3 Å². The molecular formula is C15H25NO. The van der Waals surface area contributed by atoms with Crippen molar-refractivity contribution < 1.29 is 4.74 Å². The van der Waals surface area contributed by atoms with Gasteiger partial charge in [-0.15, -0.1) is 0 Å². The van der Waals surface area contributed by atoms with Gasteiger partial charge < -0.3 is 10.1 Å². The number of ether oxygens (including phenoxy) is 1. The number of nitrogens with one attached hydrogen (secondary N) is 1. The minimum Gasteiger partial charge on any atom is -0.371 e. The highest BCUT2D eigenvalue weighted by atomic mass is 16.5. The number of hydrogen-bond donors (Lipinski definition) is 1. The molecule has 0 bridgehead atoms. The van der Waals surface area contributed by atoms with E-state index in [-0.39, 0.29) is 5.60 Å². The van der Waals surface area contributed by atoms with Crippen LogP contribution in [0.15, 0.2) is 24.3 Å². The summed E-state index contributed by atoms with van der Waals surface area (Å²) < 4.78 is 5.83. The highest BCUT2D eigenvalue weighted by Crippen LogP contribution is 2.15. The van der Waals surface area contributed by atoms with E-state index in [1.165, 1.54) is 17.5 Å². The van der Waals surface area contributed by atoms with Crippen LogP contribution >= 0.6 is 0 Å². The maximum Gasteiger partial charge on any atom is 0.0727 e. The average molecular weight is 235 g/mol. The summed E-state index contributed by atoms with van der Waals surface area (Å²) in [5.41, 5.74) is 2.54. The Morgan fingerprint density at radius 1 is 1.12 bits per heavy atom. The molecule has 0 spiro atoms. The molecule has 2 heteroatoms. The van der Waals surface area contributed by atoms with Crippen LogP contribution in [0.5, 0.6) is 0 Å². The molecule has 0 aliphatic carbocycles. The van der Waals surface area contributed by atoms with E-state index < -0.39 is 0 Å². The Hall–Kier alpha value is -0.860. The largest absolute Gasteiger partial charge is 0.371 e. The molecule has 0 aliphatic heterocycles. The van der Waals surface area contributed by atoms with Crippen molar-refractivity contribution in [1.82, 2.24) is 5.32 Å². The van der Waals surface area contributed by atoms with Crippen LogP contribution in [0.4, 0.5) is 0 Å². The lowest BCUT2D eigenvalue weighted by Crippen LogP contribution is -2.20. The van der Waals surface area contributed by atoms with Crippen LogP contribution in [-0.4, -0.2) is 12.1 Å². The van der Waals surface area contributed by atoms with Crippen LogP contribution in [0, 0.1) is 0 Å². The zero-order chi connectivity index (χ0) is 12.7. The molecule has 0 saturated heterocycles. The zero-order valence-corrected chi connectivity index (χ0v) is 11.5. The SMILES string of the molecule is CCCNCc1ccccc1COC(C)(C)C. The van der Waals surface area contributed by atoms with Crippen LogP contribution < -0.4 is 5.32 Å². The maximum absolute atomic E-state index is 5.83. The molecule has 1 aromatic carbocycles. The Labute approximate surface area is 105 Å². The van der Waals surface area contributed by atoms with Crippen molar-refractivity contribution in [1.29, 1.82) is 0 Å². The predicted octanol–water partition coefficient (Wildman–Crippen LogP) is 3.50. The molecule has 0 atom stereocenters. The van der Waals surface area contributed by atoms with Gasteiger partial charge in [0.05, 0.1) is 12.2 Å². The molecular weight excluding hydrogens is 210 g/mol. The molecule has 0 radical (unpaired) electrons. The van der Waals surface area contributed by atoms with E-state index in [4.69, 9.17) is 4.74 Å². The van der Waals surface area contributed by atoms with Crippen molar-refractivity contribution in [3.8, 4) is 0 Å². The number of rotatable bonds is 6. The van der Waals surface area contributed by atoms with Crippen molar-refractivity contribution in [2.45, 2.75) is 52.9 Å². The Balaban J connectivity index is 2.58. The molecule has 0 saturated carbocycles. The van der Waals surface area contributed by atoms with E-state index in [1.807, 2.05) is 0 Å². The van der Waals surface area contributed by atoms with Crippen LogP contribution in [0.25, 0.3) is 0 Å². The second-order valence-electron chi connectivity index (χ2n) is 5.35. The van der Waals surface area contributed by atoms with Gasteiger partial charge in [-0.2, -0.15) is 0 Å². The summed E-state index contributed by atoms with van der Waals surface area (Å²) in [6.07, 6.45) is 1.17. The minimum absolute atomic E-state index is 0.0794. The van der Waals surface area contributed by atoms with E-state index >= 15 is 0 Å². The first kappa shape index (κ1) is 14.2. The summed E-state index contributed by atoms with van der Waals surface area (Å²) in [5, 5.41) is 3.43. The van der Waals surface area contributed by atoms with E-state index in [9.17, 15) is 0 Å². The van der Waals surface area contributed by atoms with Crippen LogP contribution in [0.1, 0.15) is 45.2 Å². The third kappa shape index (κ3) is 5.85. The Bertz CT molecular complexity index is 328. The lowest BCUT2D eigenvalue weighted by atomic mass is 10.1. The van der Waals surface area contributed by atoms with Gasteiger partial charge in [0, 0.05) is 6.54 Å². The summed E-state index contributed by atoms with van der Waals surface area (Å²) in [7, 11) is 0. The second kappa shape index (κ2) is 6.77. The monoisotopic (exact) mass is 235 g/mol. The highest BCUT2D eigenvalue weighted by Gasteiger charge is 2.11. The molecule has 2 nitrogen and oxygen atoms in total. The fraction of sp³-hybridized carbons (Fsp3) is 0.600. The third-order valence-electron chi connectivity index (χ3n) is 2.52. The van der Waals surface area contributed by atoms with E-state index in [0.29, 0.717) is 6.61 Å². The molecule has 1 aromatic rings. The molecule has 1 N–H and O–H groups in total. The lowest BCUT2D eigenvalue weighted by Gasteiger charge is -2.20. The van der Waals surface area contributed by atoms with Crippen molar-refractivity contribution in [2.75, 3.05) is 6.54 Å². The fourth-order valence-electron chi connectivity index (χ4n) is 1.56. The molecule has 0 aliphatic rings. The van der Waals surface area contributed by atoms with E-state index in [0.717, 1.165) is 13.1 Å². The Morgan fingerprint density at radius 3 is 2.35 bits per heavy atom. The van der Waals surface area contributed by atoms with Gasteiger partial charge in [-0.1, -0.05) is 31.2 Å². The first-order chi connectivity index (χ1) is 8.03. The van der Waals surface area contributed by atoms with E-state index in [1.54, 1.807) is 0 Å². The molecule has 1 rings (SSSR count). The Morgan fingerprint density at radius 2 is 1.76 bits per heavy atom. The first-order valence-electron chi connectivity index (χ1n) is 6.44. The van der Waals surface area contributed by atoms with Crippen molar-refractivity contribution in [3.63, 3.8) is 0 Å². The summed E-state index contributed by atoms with van der Waals surface area (Å²) in [6.45, 7) is 11.1. The molecule has 0 heterocycles. The lowest BCUT2D eigenvalue weighted by molar-refractivity contribution is -0.0152. The summed E-state index contributed by atoms with van der Waals surface area (Å²) in [6, 6.07) is 8.48. The molecule has 0 unspecified atom stereocenters. The van der Waals surface area contributed by atoms with Gasteiger partial charge in [-0.3, -0.25) is 0 Å². The third-order valence-corrected chi connectivity index (χ3v) is 2.52. The van der Waals surface area contributed by atoms with Gasteiger partial charge in [-0.05, 0) is 44.9 Å². The van der Waals surface area contributed by atoms with Gasteiger partial charge in [0.1, 0.15) is 0 Å². The van der Waals surface area contributed by atoms with Crippen molar-refractivity contribution >= 4 is 0 Å². The smallest absolute Gasteiger partial charge is 0.0727 e. The summed E-state index contributed by atoms with van der Waals surface area (Å²) in [4.78, 5) is 0. The van der Waals surface area contributed by atoms with Crippen LogP contribution in [0.2, 0.25) is 0 Å². The van der Waals surface area contributed by atoms with Gasteiger partial charge in [-0.25, -0.2) is 0 Å². The number of hydrogen-bond acceptors (Lipinski definition) is 2. The quantitative estimate of drug-likeness (QED) is 0.762. The standard InChI is InChI=1S/C15H25NO/c1-5-10-16-11-13-8-6-7-9-14(13)12-17-15(2,3)4/h6-9,16H,5,10-12H2,1-4H3. The average Bonchev–Trinajstić information content (AvgIpc) is 2.27. The predicted molar refractivity (Wildman–Crippen MR) is 73.0 cm³/mol. The zero-order valence-electron chi connectivity index (χ0n) is 11.5. The van der Waals surface area contributed by atoms with Gasteiger partial charge >= 0.3 is 0 Å². The van der Waals surface area contributed by atoms with Gasteiger partial charge in [0.25, 0.3) is 0 Å². The molecule has 17 heavy (non-hydrogen) atoms. The fourth-order valence-corrected chi connectivity index (χ4v) is 1.56.